The van der Waals surface area contributed by atoms with Crippen molar-refractivity contribution >= 4 is 56.6 Å². The average molecular weight is 903 g/mol. The molecule has 4 atom stereocenters. The molecule has 4 unspecified atom stereocenters. The molecule has 274 valence electrons. The minimum absolute atomic E-state index is 0.0963. The zero-order valence-electron chi connectivity index (χ0n) is 30.7. The number of para-hydroxylation sites is 2. The van der Waals surface area contributed by atoms with Gasteiger partial charge in [0.15, 0.2) is 0 Å². The van der Waals surface area contributed by atoms with Gasteiger partial charge in [-0.05, 0) is 98.6 Å². The second-order valence-corrected chi connectivity index (χ2v) is 18.4. The molecule has 2 aromatic carbocycles. The van der Waals surface area contributed by atoms with Crippen LogP contribution >= 0.6 is 45.2 Å². The number of alkyl halides is 2. The number of fused-ring (bicyclic) bond motifs is 2. The number of anilines is 2. The van der Waals surface area contributed by atoms with Crippen molar-refractivity contribution in [1.82, 2.24) is 0 Å². The number of unbranched alkanes of at least 4 members (excludes halogenated alkanes) is 13. The second-order valence-electron chi connectivity index (χ2n) is 15.6. The minimum Gasteiger partial charge on any atom is -0.332 e. The first kappa shape index (κ1) is 38.6. The molecule has 6 rings (SSSR count). The molecule has 0 saturated carbocycles. The highest BCUT2D eigenvalue weighted by molar-refractivity contribution is 14.1. The zero-order valence-corrected chi connectivity index (χ0v) is 35.0. The van der Waals surface area contributed by atoms with E-state index in [4.69, 9.17) is 11.5 Å². The molecule has 2 aromatic rings. The molecule has 2 heterocycles. The smallest absolute Gasteiger partial charge is 0.0855 e. The van der Waals surface area contributed by atoms with Crippen LogP contribution in [0.1, 0.15) is 177 Å². The number of benzene rings is 2. The van der Waals surface area contributed by atoms with Crippen molar-refractivity contribution in [1.29, 1.82) is 0 Å². The molecule has 0 spiro atoms. The maximum Gasteiger partial charge on any atom is 0.0855 e. The first-order valence-corrected chi connectivity index (χ1v) is 23.0. The highest BCUT2D eigenvalue weighted by atomic mass is 127. The molecule has 50 heavy (non-hydrogen) atoms. The summed E-state index contributed by atoms with van der Waals surface area (Å²) in [6.07, 6.45) is 32.0. The standard InChI is InChI=1S/C44H64I2N4/c45-41(49-37-27-19-15-23-33(37)43(47)34-24-16-20-28-38(34)49)31-13-11-9-7-5-3-1-2-4-6-8-10-12-14-32-42(46)50-39-29-21-17-25-35(39)44(48)36-26-18-22-30-40(36)50/h15,17,19,21,23,25,27,29,41-44H,1-14,16,18,20,22,24,26,28,30-32,47-48H2. The monoisotopic (exact) mass is 902 g/mol. The van der Waals surface area contributed by atoms with Gasteiger partial charge in [0.05, 0.1) is 20.2 Å². The molecule has 0 fully saturated rings. The Morgan fingerprint density at radius 1 is 0.480 bits per heavy atom. The van der Waals surface area contributed by atoms with Crippen LogP contribution in [0.5, 0.6) is 0 Å². The van der Waals surface area contributed by atoms with Gasteiger partial charge in [-0.2, -0.15) is 0 Å². The summed E-state index contributed by atoms with van der Waals surface area (Å²) in [7, 11) is 0. The van der Waals surface area contributed by atoms with E-state index in [1.807, 2.05) is 0 Å². The lowest BCUT2D eigenvalue weighted by molar-refractivity contribution is 0.522. The Morgan fingerprint density at radius 3 is 1.18 bits per heavy atom. The predicted octanol–water partition coefficient (Wildman–Crippen LogP) is 13.4. The fraction of sp³-hybridized carbons (Fsp3) is 0.636. The summed E-state index contributed by atoms with van der Waals surface area (Å²) < 4.78 is 1.04. The third-order valence-corrected chi connectivity index (χ3v) is 14.4. The number of nitrogens with zero attached hydrogens (tertiary/aromatic N) is 2. The maximum atomic E-state index is 6.76. The van der Waals surface area contributed by atoms with Gasteiger partial charge in [-0.3, -0.25) is 0 Å². The van der Waals surface area contributed by atoms with Crippen LogP contribution in [0.15, 0.2) is 71.1 Å². The predicted molar refractivity (Wildman–Crippen MR) is 232 cm³/mol. The van der Waals surface area contributed by atoms with Crippen molar-refractivity contribution in [3.8, 4) is 0 Å². The van der Waals surface area contributed by atoms with Crippen LogP contribution in [0.4, 0.5) is 11.4 Å². The lowest BCUT2D eigenvalue weighted by Gasteiger charge is -2.43. The molecule has 2 aliphatic carbocycles. The molecule has 0 amide bonds. The van der Waals surface area contributed by atoms with Crippen molar-refractivity contribution in [2.45, 2.75) is 174 Å². The molecule has 6 heteroatoms. The molecular formula is C44H64I2N4. The summed E-state index contributed by atoms with van der Waals surface area (Å²) in [4.78, 5) is 5.34. The summed E-state index contributed by atoms with van der Waals surface area (Å²) in [5, 5.41) is 0. The van der Waals surface area contributed by atoms with E-state index < -0.39 is 0 Å². The summed E-state index contributed by atoms with van der Waals surface area (Å²) in [5.41, 5.74) is 25.0. The van der Waals surface area contributed by atoms with Crippen molar-refractivity contribution in [2.24, 2.45) is 11.5 Å². The van der Waals surface area contributed by atoms with Gasteiger partial charge >= 0.3 is 0 Å². The summed E-state index contributed by atoms with van der Waals surface area (Å²) in [5.74, 6) is 0. The van der Waals surface area contributed by atoms with E-state index in [-0.39, 0.29) is 12.1 Å². The van der Waals surface area contributed by atoms with E-state index in [1.54, 1.807) is 11.4 Å². The quantitative estimate of drug-likeness (QED) is 0.0638. The van der Waals surface area contributed by atoms with Crippen molar-refractivity contribution in [2.75, 3.05) is 9.80 Å². The molecule has 4 N–H and O–H groups in total. The Hall–Kier alpha value is -1.10. The highest BCUT2D eigenvalue weighted by Gasteiger charge is 2.35. The van der Waals surface area contributed by atoms with Gasteiger partial charge in [-0.15, -0.1) is 0 Å². The summed E-state index contributed by atoms with van der Waals surface area (Å²) in [6, 6.07) is 18.0. The number of hydrogen-bond donors (Lipinski definition) is 2. The molecule has 0 aromatic heterocycles. The van der Waals surface area contributed by atoms with Gasteiger partial charge in [-0.1, -0.05) is 171 Å². The topological polar surface area (TPSA) is 58.5 Å². The van der Waals surface area contributed by atoms with Crippen molar-refractivity contribution in [3.63, 3.8) is 0 Å². The number of allylic oxidation sites excluding steroid dienone is 2. The SMILES string of the molecule is NC1C2=C(CCCC2)N(C(I)CCCCCCCCCCCCCCCCC(I)N2C3=C(CCCC3)C(N)c3ccccc32)c2ccccc21. The van der Waals surface area contributed by atoms with Gasteiger partial charge in [0, 0.05) is 22.8 Å². The zero-order chi connectivity index (χ0) is 34.7. The van der Waals surface area contributed by atoms with E-state index in [2.05, 4.69) is 104 Å². The Morgan fingerprint density at radius 2 is 0.800 bits per heavy atom. The first-order valence-electron chi connectivity index (χ1n) is 20.6. The Balaban J connectivity index is 0.779. The second kappa shape index (κ2) is 19.8. The lowest BCUT2D eigenvalue weighted by atomic mass is 9.83. The van der Waals surface area contributed by atoms with Crippen LogP contribution in [-0.2, 0) is 0 Å². The minimum atomic E-state index is 0.0963. The fourth-order valence-electron chi connectivity index (χ4n) is 9.30. The molecule has 0 saturated heterocycles. The molecule has 4 aliphatic rings. The van der Waals surface area contributed by atoms with Crippen LogP contribution in [-0.4, -0.2) is 8.10 Å². The summed E-state index contributed by atoms with van der Waals surface area (Å²) >= 11 is 5.43. The Labute approximate surface area is 331 Å². The maximum absolute atomic E-state index is 6.76. The molecule has 0 bridgehead atoms. The number of hydrogen-bond acceptors (Lipinski definition) is 4. The summed E-state index contributed by atoms with van der Waals surface area (Å²) in [6.45, 7) is 0. The van der Waals surface area contributed by atoms with Crippen LogP contribution < -0.4 is 21.3 Å². The van der Waals surface area contributed by atoms with E-state index in [1.165, 1.54) is 188 Å². The fourth-order valence-corrected chi connectivity index (χ4v) is 11.5. The number of nitrogens with two attached hydrogens (primary N) is 2. The van der Waals surface area contributed by atoms with E-state index >= 15 is 0 Å². The van der Waals surface area contributed by atoms with Gasteiger partial charge < -0.3 is 21.3 Å². The van der Waals surface area contributed by atoms with Crippen LogP contribution in [0.25, 0.3) is 0 Å². The van der Waals surface area contributed by atoms with Crippen LogP contribution in [0.2, 0.25) is 0 Å². The average Bonchev–Trinajstić information content (AvgIpc) is 3.15. The van der Waals surface area contributed by atoms with Crippen molar-refractivity contribution < 1.29 is 0 Å². The molecule has 2 aliphatic heterocycles. The third-order valence-electron chi connectivity index (χ3n) is 12.1. The van der Waals surface area contributed by atoms with Crippen LogP contribution in [0.3, 0.4) is 0 Å². The van der Waals surface area contributed by atoms with Crippen LogP contribution in [0, 0.1) is 0 Å². The van der Waals surface area contributed by atoms with Gasteiger partial charge in [0.2, 0.25) is 0 Å². The van der Waals surface area contributed by atoms with Gasteiger partial charge in [-0.25, -0.2) is 0 Å². The van der Waals surface area contributed by atoms with Crippen molar-refractivity contribution in [3.05, 3.63) is 82.2 Å². The Bertz CT molecular complexity index is 1330. The molecule has 4 nitrogen and oxygen atoms in total. The van der Waals surface area contributed by atoms with E-state index in [0.29, 0.717) is 8.10 Å². The third kappa shape index (κ3) is 9.52. The molecular weight excluding hydrogens is 838 g/mol. The first-order chi connectivity index (χ1) is 24.6. The van der Waals surface area contributed by atoms with E-state index in [9.17, 15) is 0 Å². The number of rotatable bonds is 19. The lowest BCUT2D eigenvalue weighted by Crippen LogP contribution is -2.38. The normalized spacial score (nSPS) is 21.4. The molecule has 0 radical (unpaired) electrons. The van der Waals surface area contributed by atoms with Gasteiger partial charge in [0.1, 0.15) is 0 Å². The Kier molecular flexibility index (Phi) is 15.3. The highest BCUT2D eigenvalue weighted by Crippen LogP contribution is 2.48. The van der Waals surface area contributed by atoms with Gasteiger partial charge in [0.25, 0.3) is 0 Å². The number of halogens is 2. The van der Waals surface area contributed by atoms with E-state index in [0.717, 1.165) is 0 Å². The largest absolute Gasteiger partial charge is 0.332 e.